The number of fused-ring (bicyclic) bond motifs is 1. The molecule has 2 aromatic carbocycles. The van der Waals surface area contributed by atoms with Crippen LogP contribution < -0.4 is 15.0 Å². The zero-order valence-electron chi connectivity index (χ0n) is 13.8. The first-order valence-corrected chi connectivity index (χ1v) is 8.02. The Bertz CT molecular complexity index is 773. The van der Waals surface area contributed by atoms with Crippen LogP contribution >= 0.6 is 0 Å². The summed E-state index contributed by atoms with van der Waals surface area (Å²) in [5, 5.41) is 2.79. The molecule has 0 radical (unpaired) electrons. The molecule has 124 valence electrons. The van der Waals surface area contributed by atoms with Gasteiger partial charge >= 0.3 is 0 Å². The number of nitrogens with zero attached hydrogens (tertiary/aromatic N) is 1. The molecule has 2 aromatic rings. The molecular weight excluding hydrogens is 304 g/mol. The van der Waals surface area contributed by atoms with Crippen molar-refractivity contribution in [1.29, 1.82) is 0 Å². The van der Waals surface area contributed by atoms with Crippen LogP contribution in [0.1, 0.15) is 18.9 Å². The predicted octanol–water partition coefficient (Wildman–Crippen LogP) is 3.14. The van der Waals surface area contributed by atoms with Gasteiger partial charge in [0.1, 0.15) is 12.3 Å². The first-order chi connectivity index (χ1) is 11.6. The minimum Gasteiger partial charge on any atom is -0.480 e. The van der Waals surface area contributed by atoms with E-state index in [9.17, 15) is 9.59 Å². The summed E-state index contributed by atoms with van der Waals surface area (Å²) in [6, 6.07) is 14.9. The van der Waals surface area contributed by atoms with Crippen molar-refractivity contribution in [3.8, 4) is 5.75 Å². The van der Waals surface area contributed by atoms with Crippen molar-refractivity contribution in [2.75, 3.05) is 16.8 Å². The van der Waals surface area contributed by atoms with Crippen LogP contribution in [0.3, 0.4) is 0 Å². The van der Waals surface area contributed by atoms with Gasteiger partial charge in [0.2, 0.25) is 5.91 Å². The third-order valence-electron chi connectivity index (χ3n) is 4.05. The van der Waals surface area contributed by atoms with Crippen LogP contribution in [0, 0.1) is 6.92 Å². The second kappa shape index (κ2) is 6.74. The number of aryl methyl sites for hydroxylation is 1. The number of ether oxygens (including phenoxy) is 1. The molecule has 5 nitrogen and oxygen atoms in total. The molecule has 1 heterocycles. The van der Waals surface area contributed by atoms with Crippen LogP contribution in [0.5, 0.6) is 5.75 Å². The first kappa shape index (κ1) is 16.1. The topological polar surface area (TPSA) is 58.6 Å². The Kier molecular flexibility index (Phi) is 4.51. The van der Waals surface area contributed by atoms with E-state index in [2.05, 4.69) is 5.32 Å². The van der Waals surface area contributed by atoms with Crippen LogP contribution in [-0.4, -0.2) is 24.5 Å². The zero-order valence-corrected chi connectivity index (χ0v) is 13.8. The molecule has 0 saturated heterocycles. The Labute approximate surface area is 141 Å². The molecule has 1 aliphatic heterocycles. The Morgan fingerprint density at radius 3 is 2.67 bits per heavy atom. The van der Waals surface area contributed by atoms with Gasteiger partial charge in [-0.3, -0.25) is 14.5 Å². The van der Waals surface area contributed by atoms with Gasteiger partial charge in [-0.2, -0.15) is 0 Å². The fourth-order valence-corrected chi connectivity index (χ4v) is 2.75. The number of hydrogen-bond donors (Lipinski definition) is 1. The van der Waals surface area contributed by atoms with E-state index in [0.717, 1.165) is 5.56 Å². The minimum atomic E-state index is -0.634. The molecule has 0 aliphatic carbocycles. The van der Waals surface area contributed by atoms with Gasteiger partial charge in [0.05, 0.1) is 11.4 Å². The summed E-state index contributed by atoms with van der Waals surface area (Å²) in [7, 11) is 0. The molecule has 24 heavy (non-hydrogen) atoms. The highest BCUT2D eigenvalue weighted by Gasteiger charge is 2.32. The summed E-state index contributed by atoms with van der Waals surface area (Å²) >= 11 is 0. The van der Waals surface area contributed by atoms with Gasteiger partial charge < -0.3 is 10.1 Å². The number of rotatable bonds is 4. The average Bonchev–Trinajstić information content (AvgIpc) is 2.59. The number of nitrogens with one attached hydrogen (secondary N) is 1. The average molecular weight is 324 g/mol. The molecule has 0 spiro atoms. The molecule has 0 unspecified atom stereocenters. The maximum Gasteiger partial charge on any atom is 0.268 e. The van der Waals surface area contributed by atoms with Gasteiger partial charge in [0.25, 0.3) is 5.91 Å². The maximum atomic E-state index is 13.0. The highest BCUT2D eigenvalue weighted by atomic mass is 16.5. The van der Waals surface area contributed by atoms with E-state index in [1.807, 2.05) is 56.3 Å². The van der Waals surface area contributed by atoms with Crippen LogP contribution in [0.15, 0.2) is 48.5 Å². The lowest BCUT2D eigenvalue weighted by molar-refractivity contribution is -0.127. The van der Waals surface area contributed by atoms with E-state index in [1.54, 1.807) is 6.07 Å². The number of carbonyl (C=O) groups excluding carboxylic acids is 2. The molecule has 2 amide bonds. The summed E-state index contributed by atoms with van der Waals surface area (Å²) in [6.07, 6.45) is -0.113. The van der Waals surface area contributed by atoms with Crippen molar-refractivity contribution in [2.24, 2.45) is 0 Å². The van der Waals surface area contributed by atoms with Gasteiger partial charge in [-0.25, -0.2) is 0 Å². The summed E-state index contributed by atoms with van der Waals surface area (Å²) in [4.78, 5) is 26.4. The van der Waals surface area contributed by atoms with Gasteiger partial charge in [-0.05, 0) is 37.1 Å². The fourth-order valence-electron chi connectivity index (χ4n) is 2.75. The Hall–Kier alpha value is -2.82. The van der Waals surface area contributed by atoms with Crippen LogP contribution in [-0.2, 0) is 9.59 Å². The quantitative estimate of drug-likeness (QED) is 0.940. The molecule has 0 aromatic heterocycles. The molecule has 0 fully saturated rings. The summed E-state index contributed by atoms with van der Waals surface area (Å²) in [5.74, 6) is 0.281. The Morgan fingerprint density at radius 1 is 1.21 bits per heavy atom. The van der Waals surface area contributed by atoms with Crippen molar-refractivity contribution in [2.45, 2.75) is 26.4 Å². The summed E-state index contributed by atoms with van der Waals surface area (Å²) in [6.45, 7) is 3.84. The smallest absolute Gasteiger partial charge is 0.268 e. The SMILES string of the molecule is CC[C@@H](Oc1ccccc1C)C(=O)N1CC(=O)Nc2ccccc21. The number of amides is 2. The number of benzene rings is 2. The summed E-state index contributed by atoms with van der Waals surface area (Å²) in [5.41, 5.74) is 2.32. The predicted molar refractivity (Wildman–Crippen MR) is 93.3 cm³/mol. The number of para-hydroxylation sites is 3. The third-order valence-corrected chi connectivity index (χ3v) is 4.05. The van der Waals surface area contributed by atoms with E-state index in [1.165, 1.54) is 4.90 Å². The van der Waals surface area contributed by atoms with Crippen molar-refractivity contribution >= 4 is 23.2 Å². The van der Waals surface area contributed by atoms with Crippen molar-refractivity contribution in [3.05, 3.63) is 54.1 Å². The lowest BCUT2D eigenvalue weighted by Gasteiger charge is -2.31. The minimum absolute atomic E-state index is 0.00345. The van der Waals surface area contributed by atoms with Crippen LogP contribution in [0.4, 0.5) is 11.4 Å². The number of carbonyl (C=O) groups is 2. The van der Waals surface area contributed by atoms with Crippen molar-refractivity contribution in [3.63, 3.8) is 0 Å². The van der Waals surface area contributed by atoms with Crippen molar-refractivity contribution in [1.82, 2.24) is 0 Å². The lowest BCUT2D eigenvalue weighted by atomic mass is 10.1. The van der Waals surface area contributed by atoms with Gasteiger partial charge in [-0.15, -0.1) is 0 Å². The normalized spacial score (nSPS) is 14.6. The molecule has 5 heteroatoms. The second-order valence-electron chi connectivity index (χ2n) is 5.77. The molecule has 1 N–H and O–H groups in total. The molecule has 0 bridgehead atoms. The van der Waals surface area contributed by atoms with Crippen LogP contribution in [0.2, 0.25) is 0 Å². The van der Waals surface area contributed by atoms with Crippen LogP contribution in [0.25, 0.3) is 0 Å². The van der Waals surface area contributed by atoms with E-state index in [-0.39, 0.29) is 18.4 Å². The van der Waals surface area contributed by atoms with E-state index >= 15 is 0 Å². The van der Waals surface area contributed by atoms with Gasteiger partial charge in [0, 0.05) is 0 Å². The molecule has 0 saturated carbocycles. The van der Waals surface area contributed by atoms with E-state index in [0.29, 0.717) is 23.5 Å². The second-order valence-corrected chi connectivity index (χ2v) is 5.77. The Balaban J connectivity index is 1.87. The third kappa shape index (κ3) is 3.11. The number of hydrogen-bond acceptors (Lipinski definition) is 3. The molecule has 1 aliphatic rings. The molecule has 3 rings (SSSR count). The standard InChI is InChI=1S/C19H20N2O3/c1-3-16(24-17-11-7-4-8-13(17)2)19(23)21-12-18(22)20-14-9-5-6-10-15(14)21/h4-11,16H,3,12H2,1-2H3,(H,20,22)/t16-/m1/s1. The van der Waals surface area contributed by atoms with Gasteiger partial charge in [0.15, 0.2) is 6.10 Å². The van der Waals surface area contributed by atoms with Gasteiger partial charge in [-0.1, -0.05) is 37.3 Å². The van der Waals surface area contributed by atoms with E-state index < -0.39 is 6.10 Å². The molecule has 1 atom stereocenters. The van der Waals surface area contributed by atoms with E-state index in [4.69, 9.17) is 4.74 Å². The zero-order chi connectivity index (χ0) is 17.1. The van der Waals surface area contributed by atoms with Crippen molar-refractivity contribution < 1.29 is 14.3 Å². The fraction of sp³-hybridized carbons (Fsp3) is 0.263. The monoisotopic (exact) mass is 324 g/mol. The summed E-state index contributed by atoms with van der Waals surface area (Å²) < 4.78 is 5.94. The Morgan fingerprint density at radius 2 is 1.92 bits per heavy atom. The first-order valence-electron chi connectivity index (χ1n) is 8.02. The molecular formula is C19H20N2O3. The highest BCUT2D eigenvalue weighted by Crippen LogP contribution is 2.30. The largest absolute Gasteiger partial charge is 0.480 e. The maximum absolute atomic E-state index is 13.0. The number of anilines is 2. The highest BCUT2D eigenvalue weighted by molar-refractivity contribution is 6.11. The lowest BCUT2D eigenvalue weighted by Crippen LogP contribution is -2.48.